The maximum absolute atomic E-state index is 13.2. The Morgan fingerprint density at radius 1 is 1.63 bits per heavy atom. The van der Waals surface area contributed by atoms with Gasteiger partial charge in [0.2, 0.25) is 0 Å². The summed E-state index contributed by atoms with van der Waals surface area (Å²) in [6.45, 7) is 3.76. The number of rotatable bonds is 4. The van der Waals surface area contributed by atoms with E-state index in [1.54, 1.807) is 12.1 Å². The fourth-order valence-corrected chi connectivity index (χ4v) is 3.01. The highest BCUT2D eigenvalue weighted by Gasteiger charge is 2.28. The predicted octanol–water partition coefficient (Wildman–Crippen LogP) is 3.45. The number of benzene rings is 1. The van der Waals surface area contributed by atoms with Gasteiger partial charge in [-0.05, 0) is 59.4 Å². The molecule has 0 aliphatic carbocycles. The van der Waals surface area contributed by atoms with E-state index >= 15 is 0 Å². The minimum Gasteiger partial charge on any atom is -0.481 e. The minimum absolute atomic E-state index is 0.177. The molecule has 3 nitrogen and oxygen atoms in total. The number of hydrogen-bond acceptors (Lipinski definition) is 2. The number of halogens is 2. The number of aliphatic carboxylic acids is 1. The molecule has 104 valence electrons. The summed E-state index contributed by atoms with van der Waals surface area (Å²) >= 11 is 3.20. The third kappa shape index (κ3) is 3.54. The van der Waals surface area contributed by atoms with Crippen LogP contribution in [0.1, 0.15) is 31.4 Å². The molecule has 0 amide bonds. The largest absolute Gasteiger partial charge is 0.481 e. The van der Waals surface area contributed by atoms with Crippen LogP contribution < -0.4 is 0 Å². The van der Waals surface area contributed by atoms with Crippen molar-refractivity contribution < 1.29 is 14.3 Å². The van der Waals surface area contributed by atoms with Gasteiger partial charge in [-0.15, -0.1) is 0 Å². The van der Waals surface area contributed by atoms with Crippen LogP contribution in [0, 0.1) is 11.7 Å². The summed E-state index contributed by atoms with van der Waals surface area (Å²) in [5.74, 6) is -0.769. The molecule has 1 aromatic carbocycles. The van der Waals surface area contributed by atoms with Gasteiger partial charge in [0.05, 0.1) is 4.47 Å². The van der Waals surface area contributed by atoms with Gasteiger partial charge in [0.1, 0.15) is 5.82 Å². The van der Waals surface area contributed by atoms with Crippen molar-refractivity contribution in [3.63, 3.8) is 0 Å². The molecule has 19 heavy (non-hydrogen) atoms. The lowest BCUT2D eigenvalue weighted by Crippen LogP contribution is -2.25. The van der Waals surface area contributed by atoms with E-state index in [-0.39, 0.29) is 24.2 Å². The van der Waals surface area contributed by atoms with E-state index in [9.17, 15) is 9.18 Å². The molecule has 1 aliphatic rings. The first kappa shape index (κ1) is 14.5. The molecule has 2 unspecified atom stereocenters. The Morgan fingerprint density at radius 2 is 2.37 bits per heavy atom. The van der Waals surface area contributed by atoms with Crippen molar-refractivity contribution in [2.45, 2.75) is 25.8 Å². The summed E-state index contributed by atoms with van der Waals surface area (Å²) < 4.78 is 13.7. The lowest BCUT2D eigenvalue weighted by atomic mass is 10.0. The molecule has 0 spiro atoms. The van der Waals surface area contributed by atoms with Crippen LogP contribution in [0.15, 0.2) is 22.7 Å². The van der Waals surface area contributed by atoms with Crippen molar-refractivity contribution in [2.24, 2.45) is 5.92 Å². The molecule has 5 heteroatoms. The zero-order valence-electron chi connectivity index (χ0n) is 10.8. The minimum atomic E-state index is -0.732. The van der Waals surface area contributed by atoms with Crippen LogP contribution >= 0.6 is 15.9 Å². The number of carboxylic acid groups (broad SMARTS) is 1. The molecule has 1 N–H and O–H groups in total. The first-order valence-corrected chi connectivity index (χ1v) is 7.17. The first-order valence-electron chi connectivity index (χ1n) is 6.38. The predicted molar refractivity (Wildman–Crippen MR) is 74.4 cm³/mol. The van der Waals surface area contributed by atoms with Crippen LogP contribution in [0.4, 0.5) is 4.39 Å². The molecule has 1 aromatic rings. The summed E-state index contributed by atoms with van der Waals surface area (Å²) in [5.41, 5.74) is 1.05. The van der Waals surface area contributed by atoms with Gasteiger partial charge in [-0.3, -0.25) is 9.69 Å². The molecule has 2 atom stereocenters. The molecule has 1 fully saturated rings. The van der Waals surface area contributed by atoms with Gasteiger partial charge in [0, 0.05) is 19.0 Å². The smallest absolute Gasteiger partial charge is 0.303 e. The highest BCUT2D eigenvalue weighted by molar-refractivity contribution is 9.10. The SMILES string of the molecule is CC(c1ccc(F)c(Br)c1)N1CCC(CC(=O)O)C1. The van der Waals surface area contributed by atoms with E-state index in [2.05, 4.69) is 27.8 Å². The van der Waals surface area contributed by atoms with Crippen LogP contribution in [0.2, 0.25) is 0 Å². The molecule has 1 saturated heterocycles. The van der Waals surface area contributed by atoms with Gasteiger partial charge < -0.3 is 5.11 Å². The Labute approximate surface area is 120 Å². The monoisotopic (exact) mass is 329 g/mol. The third-order valence-electron chi connectivity index (χ3n) is 3.75. The summed E-state index contributed by atoms with van der Waals surface area (Å²) in [6, 6.07) is 5.22. The molecule has 0 bridgehead atoms. The second kappa shape index (κ2) is 6.01. The Balaban J connectivity index is 2.02. The zero-order valence-corrected chi connectivity index (χ0v) is 12.4. The molecule has 0 radical (unpaired) electrons. The van der Waals surface area contributed by atoms with Gasteiger partial charge in [0.25, 0.3) is 0 Å². The van der Waals surface area contributed by atoms with Gasteiger partial charge in [-0.2, -0.15) is 0 Å². The van der Waals surface area contributed by atoms with Crippen LogP contribution in [0.5, 0.6) is 0 Å². The number of hydrogen-bond donors (Lipinski definition) is 1. The second-order valence-electron chi connectivity index (χ2n) is 5.10. The third-order valence-corrected chi connectivity index (χ3v) is 4.36. The maximum Gasteiger partial charge on any atom is 0.303 e. The van der Waals surface area contributed by atoms with Gasteiger partial charge in [0.15, 0.2) is 0 Å². The standard InChI is InChI=1S/C14H17BrFNO2/c1-9(11-2-3-13(16)12(15)7-11)17-5-4-10(8-17)6-14(18)19/h2-3,7,9-10H,4-6,8H2,1H3,(H,18,19). The summed E-state index contributed by atoms with van der Waals surface area (Å²) in [6.07, 6.45) is 1.15. The average molecular weight is 330 g/mol. The number of carboxylic acids is 1. The van der Waals surface area contributed by atoms with Crippen LogP contribution in [0.25, 0.3) is 0 Å². The van der Waals surface area contributed by atoms with Crippen molar-refractivity contribution >= 4 is 21.9 Å². The fourth-order valence-electron chi connectivity index (χ4n) is 2.61. The lowest BCUT2D eigenvalue weighted by Gasteiger charge is -2.25. The van der Waals surface area contributed by atoms with Gasteiger partial charge >= 0.3 is 5.97 Å². The quantitative estimate of drug-likeness (QED) is 0.919. The number of nitrogens with zero attached hydrogens (tertiary/aromatic N) is 1. The Bertz CT molecular complexity index is 481. The van der Waals surface area contributed by atoms with E-state index in [1.807, 2.05) is 0 Å². The Hall–Kier alpha value is -0.940. The van der Waals surface area contributed by atoms with Crippen molar-refractivity contribution in [3.05, 3.63) is 34.1 Å². The fraction of sp³-hybridized carbons (Fsp3) is 0.500. The van der Waals surface area contributed by atoms with Crippen LogP contribution in [-0.4, -0.2) is 29.1 Å². The Kier molecular flexibility index (Phi) is 4.58. The van der Waals surface area contributed by atoms with Crippen molar-refractivity contribution in [2.75, 3.05) is 13.1 Å². The lowest BCUT2D eigenvalue weighted by molar-refractivity contribution is -0.138. The van der Waals surface area contributed by atoms with E-state index in [1.165, 1.54) is 6.07 Å². The zero-order chi connectivity index (χ0) is 14.0. The van der Waals surface area contributed by atoms with E-state index < -0.39 is 5.97 Å². The van der Waals surface area contributed by atoms with Crippen molar-refractivity contribution in [1.82, 2.24) is 4.90 Å². The molecular formula is C14H17BrFNO2. The summed E-state index contributed by atoms with van der Waals surface area (Å²) in [5, 5.41) is 8.82. The molecule has 0 saturated carbocycles. The van der Waals surface area contributed by atoms with Gasteiger partial charge in [-0.25, -0.2) is 4.39 Å². The molecule has 1 aliphatic heterocycles. The average Bonchev–Trinajstić information content (AvgIpc) is 2.79. The second-order valence-corrected chi connectivity index (χ2v) is 5.95. The van der Waals surface area contributed by atoms with Gasteiger partial charge in [-0.1, -0.05) is 6.07 Å². The van der Waals surface area contributed by atoms with Crippen molar-refractivity contribution in [3.8, 4) is 0 Å². The van der Waals surface area contributed by atoms with Crippen molar-refractivity contribution in [1.29, 1.82) is 0 Å². The number of carbonyl (C=O) groups is 1. The van der Waals surface area contributed by atoms with E-state index in [0.29, 0.717) is 4.47 Å². The molecule has 0 aromatic heterocycles. The molecule has 2 rings (SSSR count). The van der Waals surface area contributed by atoms with E-state index in [0.717, 1.165) is 25.1 Å². The maximum atomic E-state index is 13.2. The summed E-state index contributed by atoms with van der Waals surface area (Å²) in [4.78, 5) is 13.0. The normalized spacial score (nSPS) is 21.5. The van der Waals surface area contributed by atoms with Crippen LogP contribution in [0.3, 0.4) is 0 Å². The van der Waals surface area contributed by atoms with E-state index in [4.69, 9.17) is 5.11 Å². The number of likely N-dealkylation sites (tertiary alicyclic amines) is 1. The highest BCUT2D eigenvalue weighted by atomic mass is 79.9. The topological polar surface area (TPSA) is 40.5 Å². The Morgan fingerprint density at radius 3 is 3.00 bits per heavy atom. The first-order chi connectivity index (χ1) is 8.97. The summed E-state index contributed by atoms with van der Waals surface area (Å²) in [7, 11) is 0. The molecule has 1 heterocycles. The van der Waals surface area contributed by atoms with Crippen LogP contribution in [-0.2, 0) is 4.79 Å². The highest BCUT2D eigenvalue weighted by Crippen LogP contribution is 2.30. The molecular weight excluding hydrogens is 313 g/mol.